The molecule has 0 spiro atoms. The third-order valence-corrected chi connectivity index (χ3v) is 4.59. The molecule has 1 aromatic carbocycles. The zero-order valence-corrected chi connectivity index (χ0v) is 12.1. The van der Waals surface area contributed by atoms with Crippen molar-refractivity contribution in [2.45, 2.75) is 25.6 Å². The molecule has 2 atom stereocenters. The van der Waals surface area contributed by atoms with Crippen LogP contribution in [0.25, 0.3) is 10.8 Å². The van der Waals surface area contributed by atoms with Crippen molar-refractivity contribution in [3.8, 4) is 0 Å². The first-order chi connectivity index (χ1) is 9.16. The zero-order valence-electron chi connectivity index (χ0n) is 11.3. The van der Waals surface area contributed by atoms with Crippen LogP contribution in [0.5, 0.6) is 0 Å². The summed E-state index contributed by atoms with van der Waals surface area (Å²) in [6.45, 7) is 6.08. The van der Waals surface area contributed by atoms with E-state index in [0.29, 0.717) is 5.92 Å². The lowest BCUT2D eigenvalue weighted by Crippen LogP contribution is -2.41. The van der Waals surface area contributed by atoms with Crippen LogP contribution in [0.15, 0.2) is 24.3 Å². The third-order valence-electron chi connectivity index (χ3n) is 4.02. The van der Waals surface area contributed by atoms with Gasteiger partial charge in [-0.25, -0.2) is 0 Å². The van der Waals surface area contributed by atoms with Crippen LogP contribution in [0.4, 0.5) is 5.82 Å². The molecule has 4 heteroatoms. The summed E-state index contributed by atoms with van der Waals surface area (Å²) < 4.78 is 0. The number of hydrogen-bond acceptors (Lipinski definition) is 3. The van der Waals surface area contributed by atoms with Crippen molar-refractivity contribution in [1.29, 1.82) is 0 Å². The summed E-state index contributed by atoms with van der Waals surface area (Å²) in [5, 5.41) is 11.2. The minimum absolute atomic E-state index is 0.190. The minimum Gasteiger partial charge on any atom is -0.353 e. The second-order valence-corrected chi connectivity index (χ2v) is 5.94. The van der Waals surface area contributed by atoms with Crippen molar-refractivity contribution < 1.29 is 0 Å². The molecule has 0 aliphatic carbocycles. The van der Waals surface area contributed by atoms with E-state index in [-0.39, 0.29) is 5.38 Å². The molecule has 1 saturated heterocycles. The third kappa shape index (κ3) is 2.27. The number of anilines is 1. The molecule has 3 rings (SSSR count). The van der Waals surface area contributed by atoms with Crippen molar-refractivity contribution in [1.82, 2.24) is 10.2 Å². The van der Waals surface area contributed by atoms with Gasteiger partial charge in [-0.05, 0) is 19.3 Å². The Hall–Kier alpha value is -1.35. The average molecular weight is 276 g/mol. The summed E-state index contributed by atoms with van der Waals surface area (Å²) in [5.74, 6) is 1.54. The molecule has 1 aromatic heterocycles. The van der Waals surface area contributed by atoms with Gasteiger partial charge >= 0.3 is 0 Å². The number of aromatic nitrogens is 2. The molecule has 0 N–H and O–H groups in total. The topological polar surface area (TPSA) is 29.0 Å². The number of alkyl halides is 1. The number of halogens is 1. The molecule has 0 saturated carbocycles. The lowest BCUT2D eigenvalue weighted by Gasteiger charge is -2.35. The number of rotatable bonds is 1. The van der Waals surface area contributed by atoms with Crippen LogP contribution >= 0.6 is 11.6 Å². The maximum absolute atomic E-state index is 6.40. The van der Waals surface area contributed by atoms with E-state index < -0.39 is 0 Å². The van der Waals surface area contributed by atoms with Crippen LogP contribution in [0.1, 0.15) is 19.0 Å². The number of aryl methyl sites for hydroxylation is 1. The summed E-state index contributed by atoms with van der Waals surface area (Å²) in [4.78, 5) is 2.27. The molecule has 1 fully saturated rings. The number of piperidine rings is 1. The summed E-state index contributed by atoms with van der Waals surface area (Å²) in [6, 6.07) is 8.32. The Balaban J connectivity index is 2.04. The van der Waals surface area contributed by atoms with Crippen molar-refractivity contribution in [3.05, 3.63) is 30.0 Å². The normalized spacial score (nSPS) is 23.8. The van der Waals surface area contributed by atoms with Gasteiger partial charge in [-0.2, -0.15) is 5.10 Å². The van der Waals surface area contributed by atoms with Gasteiger partial charge in [0.25, 0.3) is 0 Å². The fourth-order valence-corrected chi connectivity index (χ4v) is 2.96. The van der Waals surface area contributed by atoms with E-state index in [0.717, 1.165) is 31.0 Å². The molecule has 100 valence electrons. The molecular formula is C15H18ClN3. The lowest BCUT2D eigenvalue weighted by atomic mass is 9.98. The molecule has 0 radical (unpaired) electrons. The van der Waals surface area contributed by atoms with Gasteiger partial charge in [0.2, 0.25) is 0 Å². The Morgan fingerprint density at radius 1 is 1.21 bits per heavy atom. The van der Waals surface area contributed by atoms with E-state index in [1.807, 2.05) is 13.0 Å². The molecule has 2 unspecified atom stereocenters. The molecule has 1 aliphatic rings. The monoisotopic (exact) mass is 275 g/mol. The highest BCUT2D eigenvalue weighted by atomic mass is 35.5. The molecule has 0 amide bonds. The number of hydrogen-bond donors (Lipinski definition) is 0. The second kappa shape index (κ2) is 4.97. The SMILES string of the molecule is Cc1nnc(N2CCC(C)C(Cl)C2)c2ccccc12. The maximum atomic E-state index is 6.40. The van der Waals surface area contributed by atoms with Gasteiger partial charge in [-0.15, -0.1) is 16.7 Å². The molecule has 1 aliphatic heterocycles. The van der Waals surface area contributed by atoms with Crippen LogP contribution in [0.3, 0.4) is 0 Å². The van der Waals surface area contributed by atoms with Crippen molar-refractivity contribution in [2.75, 3.05) is 18.0 Å². The van der Waals surface area contributed by atoms with Crippen molar-refractivity contribution in [2.24, 2.45) is 5.92 Å². The van der Waals surface area contributed by atoms with Gasteiger partial charge in [0.1, 0.15) is 0 Å². The van der Waals surface area contributed by atoms with Crippen LogP contribution in [0.2, 0.25) is 0 Å². The second-order valence-electron chi connectivity index (χ2n) is 5.38. The maximum Gasteiger partial charge on any atom is 0.159 e. The number of benzene rings is 1. The molecule has 3 nitrogen and oxygen atoms in total. The van der Waals surface area contributed by atoms with Gasteiger partial charge in [0.05, 0.1) is 11.1 Å². The number of nitrogens with zero attached hydrogens (tertiary/aromatic N) is 3. The van der Waals surface area contributed by atoms with E-state index in [1.54, 1.807) is 0 Å². The van der Waals surface area contributed by atoms with E-state index in [1.165, 1.54) is 10.8 Å². The first kappa shape index (κ1) is 12.7. The lowest BCUT2D eigenvalue weighted by molar-refractivity contribution is 0.443. The van der Waals surface area contributed by atoms with E-state index in [9.17, 15) is 0 Å². The molecular weight excluding hydrogens is 258 g/mol. The highest BCUT2D eigenvalue weighted by Gasteiger charge is 2.26. The van der Waals surface area contributed by atoms with E-state index in [4.69, 9.17) is 11.6 Å². The molecule has 19 heavy (non-hydrogen) atoms. The van der Waals surface area contributed by atoms with Gasteiger partial charge in [0.15, 0.2) is 5.82 Å². The van der Waals surface area contributed by atoms with Crippen molar-refractivity contribution in [3.63, 3.8) is 0 Å². The molecule has 2 aromatic rings. The summed E-state index contributed by atoms with van der Waals surface area (Å²) in [7, 11) is 0. The van der Waals surface area contributed by atoms with Gasteiger partial charge in [-0.1, -0.05) is 31.2 Å². The quantitative estimate of drug-likeness (QED) is 0.747. The van der Waals surface area contributed by atoms with Gasteiger partial charge in [-0.3, -0.25) is 0 Å². The average Bonchev–Trinajstić information content (AvgIpc) is 2.43. The first-order valence-corrected chi connectivity index (χ1v) is 7.21. The van der Waals surface area contributed by atoms with Crippen LogP contribution in [0, 0.1) is 12.8 Å². The van der Waals surface area contributed by atoms with Gasteiger partial charge in [0, 0.05) is 23.9 Å². The predicted molar refractivity (Wildman–Crippen MR) is 79.9 cm³/mol. The highest BCUT2D eigenvalue weighted by molar-refractivity contribution is 6.21. The Bertz CT molecular complexity index is 599. The van der Waals surface area contributed by atoms with E-state index >= 15 is 0 Å². The first-order valence-electron chi connectivity index (χ1n) is 6.78. The zero-order chi connectivity index (χ0) is 13.4. The van der Waals surface area contributed by atoms with Crippen molar-refractivity contribution >= 4 is 28.2 Å². The number of fused-ring (bicyclic) bond motifs is 1. The van der Waals surface area contributed by atoms with E-state index in [2.05, 4.69) is 40.2 Å². The minimum atomic E-state index is 0.190. The van der Waals surface area contributed by atoms with Gasteiger partial charge < -0.3 is 4.90 Å². The van der Waals surface area contributed by atoms with Crippen LogP contribution in [-0.2, 0) is 0 Å². The van der Waals surface area contributed by atoms with Crippen LogP contribution < -0.4 is 4.90 Å². The fraction of sp³-hybridized carbons (Fsp3) is 0.467. The largest absolute Gasteiger partial charge is 0.353 e. The summed E-state index contributed by atoms with van der Waals surface area (Å²) in [6.07, 6.45) is 1.11. The fourth-order valence-electron chi connectivity index (χ4n) is 2.67. The standard InChI is InChI=1S/C15H18ClN3/c1-10-7-8-19(9-14(10)16)15-13-6-4-3-5-12(13)11(2)17-18-15/h3-6,10,14H,7-9H2,1-2H3. The summed E-state index contributed by atoms with van der Waals surface area (Å²) in [5.41, 5.74) is 0.979. The van der Waals surface area contributed by atoms with Crippen LogP contribution in [-0.4, -0.2) is 28.7 Å². The molecule has 0 bridgehead atoms. The predicted octanol–water partition coefficient (Wildman–Crippen LogP) is 3.39. The molecule has 2 heterocycles. The smallest absolute Gasteiger partial charge is 0.159 e. The highest BCUT2D eigenvalue weighted by Crippen LogP contribution is 2.30. The Morgan fingerprint density at radius 2 is 1.95 bits per heavy atom. The Labute approximate surface area is 118 Å². The Morgan fingerprint density at radius 3 is 2.68 bits per heavy atom. The summed E-state index contributed by atoms with van der Waals surface area (Å²) >= 11 is 6.40. The Kier molecular flexibility index (Phi) is 3.31.